The largest absolute Gasteiger partial charge is 0.496 e. The second-order valence-electron chi connectivity index (χ2n) is 3.84. The second-order valence-corrected chi connectivity index (χ2v) is 3.84. The van der Waals surface area contributed by atoms with Gasteiger partial charge in [0, 0.05) is 23.6 Å². The van der Waals surface area contributed by atoms with E-state index in [4.69, 9.17) is 15.6 Å². The van der Waals surface area contributed by atoms with Gasteiger partial charge in [-0.05, 0) is 12.5 Å². The lowest BCUT2D eigenvalue weighted by molar-refractivity contribution is -0.137. The summed E-state index contributed by atoms with van der Waals surface area (Å²) in [7, 11) is 1.36. The average molecular weight is 259 g/mol. The van der Waals surface area contributed by atoms with Crippen LogP contribution >= 0.6 is 0 Å². The third-order valence-corrected chi connectivity index (χ3v) is 2.58. The lowest BCUT2D eigenvalue weighted by Crippen LogP contribution is -2.13. The molecule has 100 valence electrons. The smallest absolute Gasteiger partial charge is 0.303 e. The minimum atomic E-state index is -2.58. The molecule has 1 unspecified atom stereocenters. The number of halogens is 2. The summed E-state index contributed by atoms with van der Waals surface area (Å²) >= 11 is 0. The van der Waals surface area contributed by atoms with Crippen molar-refractivity contribution in [1.29, 1.82) is 0 Å². The van der Waals surface area contributed by atoms with E-state index >= 15 is 0 Å². The summed E-state index contributed by atoms with van der Waals surface area (Å²) < 4.78 is 30.0. The summed E-state index contributed by atoms with van der Waals surface area (Å²) in [4.78, 5) is 10.4. The first-order chi connectivity index (χ1) is 8.45. The van der Waals surface area contributed by atoms with Crippen LogP contribution in [0.2, 0.25) is 0 Å². The molecule has 0 saturated carbocycles. The summed E-state index contributed by atoms with van der Waals surface area (Å²) in [6.07, 6.45) is -2.44. The van der Waals surface area contributed by atoms with Gasteiger partial charge in [-0.15, -0.1) is 0 Å². The Kier molecular flexibility index (Phi) is 5.03. The van der Waals surface area contributed by atoms with Crippen LogP contribution in [0.4, 0.5) is 8.78 Å². The molecule has 0 aliphatic rings. The van der Waals surface area contributed by atoms with Gasteiger partial charge in [-0.3, -0.25) is 4.79 Å². The fourth-order valence-corrected chi connectivity index (χ4v) is 1.60. The lowest BCUT2D eigenvalue weighted by Gasteiger charge is -2.16. The Hall–Kier alpha value is -1.69. The van der Waals surface area contributed by atoms with E-state index in [1.807, 2.05) is 0 Å². The quantitative estimate of drug-likeness (QED) is 0.823. The molecule has 1 aromatic carbocycles. The van der Waals surface area contributed by atoms with Crippen LogP contribution in [0, 0.1) is 0 Å². The zero-order valence-corrected chi connectivity index (χ0v) is 9.90. The number of nitrogens with two attached hydrogens (primary N) is 1. The topological polar surface area (TPSA) is 72.5 Å². The number of alkyl halides is 2. The Morgan fingerprint density at radius 1 is 1.50 bits per heavy atom. The van der Waals surface area contributed by atoms with E-state index in [-0.39, 0.29) is 24.2 Å². The molecule has 3 N–H and O–H groups in total. The van der Waals surface area contributed by atoms with Gasteiger partial charge in [-0.1, -0.05) is 12.1 Å². The van der Waals surface area contributed by atoms with Crippen molar-refractivity contribution in [3.8, 4) is 5.75 Å². The molecule has 0 bridgehead atoms. The maximum absolute atomic E-state index is 12.5. The normalized spacial score (nSPS) is 12.5. The predicted octanol–water partition coefficient (Wildman–Crippen LogP) is 2.50. The highest BCUT2D eigenvalue weighted by atomic mass is 19.3. The van der Waals surface area contributed by atoms with E-state index in [9.17, 15) is 13.6 Å². The molecule has 18 heavy (non-hydrogen) atoms. The highest BCUT2D eigenvalue weighted by Gasteiger charge is 2.16. The molecular formula is C12H15F2NO3. The highest BCUT2D eigenvalue weighted by Crippen LogP contribution is 2.31. The van der Waals surface area contributed by atoms with Gasteiger partial charge < -0.3 is 15.6 Å². The Morgan fingerprint density at radius 2 is 2.17 bits per heavy atom. The van der Waals surface area contributed by atoms with Crippen molar-refractivity contribution in [3.05, 3.63) is 29.3 Å². The van der Waals surface area contributed by atoms with E-state index in [0.29, 0.717) is 5.56 Å². The number of carboxylic acid groups (broad SMARTS) is 1. The van der Waals surface area contributed by atoms with Crippen LogP contribution in [-0.4, -0.2) is 18.2 Å². The monoisotopic (exact) mass is 259 g/mol. The van der Waals surface area contributed by atoms with Gasteiger partial charge in [-0.25, -0.2) is 8.78 Å². The number of rotatable bonds is 6. The predicted molar refractivity (Wildman–Crippen MR) is 61.7 cm³/mol. The summed E-state index contributed by atoms with van der Waals surface area (Å²) in [6, 6.07) is 3.39. The molecule has 1 aromatic rings. The Bertz CT molecular complexity index is 424. The summed E-state index contributed by atoms with van der Waals surface area (Å²) in [6.45, 7) is 0. The van der Waals surface area contributed by atoms with E-state index in [1.165, 1.54) is 25.3 Å². The fourth-order valence-electron chi connectivity index (χ4n) is 1.60. The van der Waals surface area contributed by atoms with Gasteiger partial charge in [0.2, 0.25) is 0 Å². The third kappa shape index (κ3) is 3.66. The lowest BCUT2D eigenvalue weighted by atomic mass is 10.00. The van der Waals surface area contributed by atoms with Crippen molar-refractivity contribution < 1.29 is 23.4 Å². The number of hydrogen-bond acceptors (Lipinski definition) is 3. The molecule has 0 aromatic heterocycles. The molecule has 6 heteroatoms. The number of ether oxygens (including phenoxy) is 1. The zero-order valence-electron chi connectivity index (χ0n) is 9.90. The first-order valence-electron chi connectivity index (χ1n) is 5.39. The van der Waals surface area contributed by atoms with Crippen molar-refractivity contribution in [2.45, 2.75) is 25.3 Å². The van der Waals surface area contributed by atoms with Crippen molar-refractivity contribution in [2.75, 3.05) is 7.11 Å². The molecule has 0 heterocycles. The van der Waals surface area contributed by atoms with E-state index in [2.05, 4.69) is 0 Å². The van der Waals surface area contributed by atoms with Crippen LogP contribution in [0.15, 0.2) is 18.2 Å². The van der Waals surface area contributed by atoms with E-state index < -0.39 is 18.4 Å². The van der Waals surface area contributed by atoms with Crippen LogP contribution < -0.4 is 10.5 Å². The first-order valence-corrected chi connectivity index (χ1v) is 5.39. The van der Waals surface area contributed by atoms with Crippen LogP contribution in [0.3, 0.4) is 0 Å². The molecule has 4 nitrogen and oxygen atoms in total. The van der Waals surface area contributed by atoms with Crippen LogP contribution in [0.1, 0.15) is 36.4 Å². The highest BCUT2D eigenvalue weighted by molar-refractivity contribution is 5.66. The Labute approximate surface area is 103 Å². The van der Waals surface area contributed by atoms with Crippen molar-refractivity contribution in [2.24, 2.45) is 5.73 Å². The second kappa shape index (κ2) is 6.30. The maximum atomic E-state index is 12.5. The molecule has 1 atom stereocenters. The minimum Gasteiger partial charge on any atom is -0.496 e. The van der Waals surface area contributed by atoms with Gasteiger partial charge in [0.25, 0.3) is 6.43 Å². The first kappa shape index (κ1) is 14.4. The van der Waals surface area contributed by atoms with Crippen molar-refractivity contribution in [3.63, 3.8) is 0 Å². The van der Waals surface area contributed by atoms with Crippen LogP contribution in [-0.2, 0) is 4.79 Å². The molecular weight excluding hydrogens is 244 g/mol. The minimum absolute atomic E-state index is 0.0824. The molecule has 0 radical (unpaired) electrons. The molecule has 0 aliphatic carbocycles. The third-order valence-electron chi connectivity index (χ3n) is 2.58. The number of carboxylic acids is 1. The summed E-state index contributed by atoms with van der Waals surface area (Å²) in [5.74, 6) is -0.695. The SMILES string of the molecule is COc1cc(C(F)F)ccc1C(N)CCC(=O)O. The fraction of sp³-hybridized carbons (Fsp3) is 0.417. The van der Waals surface area contributed by atoms with Crippen molar-refractivity contribution in [1.82, 2.24) is 0 Å². The molecule has 0 amide bonds. The van der Waals surface area contributed by atoms with Gasteiger partial charge in [0.1, 0.15) is 5.75 Å². The van der Waals surface area contributed by atoms with Gasteiger partial charge >= 0.3 is 5.97 Å². The summed E-state index contributed by atoms with van der Waals surface area (Å²) in [5, 5.41) is 8.57. The standard InChI is InChI=1S/C12H15F2NO3/c1-18-10-6-7(12(13)14)2-3-8(10)9(15)4-5-11(16)17/h2-3,6,9,12H,4-5,15H2,1H3,(H,16,17). The zero-order chi connectivity index (χ0) is 13.7. The molecule has 0 saturated heterocycles. The van der Waals surface area contributed by atoms with Crippen molar-refractivity contribution >= 4 is 5.97 Å². The van der Waals surface area contributed by atoms with Gasteiger partial charge in [0.15, 0.2) is 0 Å². The Balaban J connectivity index is 2.90. The van der Waals surface area contributed by atoms with Gasteiger partial charge in [0.05, 0.1) is 7.11 Å². The van der Waals surface area contributed by atoms with E-state index in [0.717, 1.165) is 0 Å². The number of methoxy groups -OCH3 is 1. The number of aliphatic carboxylic acids is 1. The average Bonchev–Trinajstić information content (AvgIpc) is 2.34. The van der Waals surface area contributed by atoms with Gasteiger partial charge in [-0.2, -0.15) is 0 Å². The van der Waals surface area contributed by atoms with Crippen LogP contribution in [0.5, 0.6) is 5.75 Å². The van der Waals surface area contributed by atoms with Crippen LogP contribution in [0.25, 0.3) is 0 Å². The molecule has 1 rings (SSSR count). The van der Waals surface area contributed by atoms with E-state index in [1.54, 1.807) is 0 Å². The number of hydrogen-bond donors (Lipinski definition) is 2. The molecule has 0 aliphatic heterocycles. The molecule has 0 fully saturated rings. The maximum Gasteiger partial charge on any atom is 0.303 e. The Morgan fingerprint density at radius 3 is 2.67 bits per heavy atom. The summed E-state index contributed by atoms with van der Waals surface area (Å²) in [5.41, 5.74) is 6.19. The molecule has 0 spiro atoms. The number of benzene rings is 1. The number of carbonyl (C=O) groups is 1.